The highest BCUT2D eigenvalue weighted by atomic mass is 16.5. The number of methoxy groups -OCH3 is 1. The molecule has 1 fully saturated rings. The number of carbonyl (C=O) groups excluding carboxylic acids is 1. The molecule has 1 aliphatic heterocycles. The van der Waals surface area contributed by atoms with Crippen molar-refractivity contribution in [3.05, 3.63) is 23.9 Å². The smallest absolute Gasteiger partial charge is 0.255 e. The number of nitrogens with two attached hydrogens (primary N) is 1. The number of nitrogens with zero attached hydrogens (tertiary/aromatic N) is 2. The summed E-state index contributed by atoms with van der Waals surface area (Å²) in [5, 5.41) is 0. The van der Waals surface area contributed by atoms with Crippen LogP contribution in [0.4, 0.5) is 5.82 Å². The first-order chi connectivity index (χ1) is 9.72. The second-order valence-electron chi connectivity index (χ2n) is 5.25. The molecular formula is C15H23N3O2. The molecule has 1 aromatic heterocycles. The summed E-state index contributed by atoms with van der Waals surface area (Å²) in [4.78, 5) is 18.6. The Morgan fingerprint density at radius 2 is 2.35 bits per heavy atom. The molecule has 0 unspecified atom stereocenters. The Morgan fingerprint density at radius 1 is 1.50 bits per heavy atom. The van der Waals surface area contributed by atoms with Crippen molar-refractivity contribution in [1.82, 2.24) is 9.88 Å². The van der Waals surface area contributed by atoms with Crippen LogP contribution in [-0.2, 0) is 4.74 Å². The number of amides is 1. The summed E-state index contributed by atoms with van der Waals surface area (Å²) in [7, 11) is 1.71. The summed E-state index contributed by atoms with van der Waals surface area (Å²) in [5.41, 5.74) is 6.19. The minimum Gasteiger partial charge on any atom is -0.385 e. The molecule has 0 aliphatic carbocycles. The van der Waals surface area contributed by atoms with Crippen molar-refractivity contribution >= 4 is 11.7 Å². The number of nitrogen functional groups attached to an aromatic ring is 1. The molecule has 110 valence electrons. The summed E-state index contributed by atoms with van der Waals surface area (Å²) in [6.07, 6.45) is 6.92. The molecule has 5 heteroatoms. The zero-order valence-corrected chi connectivity index (χ0v) is 12.0. The lowest BCUT2D eigenvalue weighted by atomic mass is 9.97. The lowest BCUT2D eigenvalue weighted by Crippen LogP contribution is -2.43. The van der Waals surface area contributed by atoms with Gasteiger partial charge in [0, 0.05) is 32.5 Å². The molecule has 2 N–H and O–H groups in total. The van der Waals surface area contributed by atoms with E-state index in [4.69, 9.17) is 10.5 Å². The number of piperidine rings is 1. The molecular weight excluding hydrogens is 254 g/mol. The predicted molar refractivity (Wildman–Crippen MR) is 78.4 cm³/mol. The van der Waals surface area contributed by atoms with Crippen molar-refractivity contribution in [1.29, 1.82) is 0 Å². The van der Waals surface area contributed by atoms with Crippen molar-refractivity contribution in [3.8, 4) is 0 Å². The van der Waals surface area contributed by atoms with Gasteiger partial charge in [-0.25, -0.2) is 4.98 Å². The van der Waals surface area contributed by atoms with Gasteiger partial charge in [0.1, 0.15) is 5.82 Å². The van der Waals surface area contributed by atoms with Gasteiger partial charge in [-0.2, -0.15) is 0 Å². The maximum Gasteiger partial charge on any atom is 0.255 e. The molecule has 1 atom stereocenters. The van der Waals surface area contributed by atoms with Gasteiger partial charge in [0.25, 0.3) is 5.91 Å². The van der Waals surface area contributed by atoms with E-state index in [0.717, 1.165) is 38.8 Å². The molecule has 0 spiro atoms. The van der Waals surface area contributed by atoms with Gasteiger partial charge in [-0.3, -0.25) is 4.79 Å². The Kier molecular flexibility index (Phi) is 5.35. The van der Waals surface area contributed by atoms with Crippen molar-refractivity contribution in [2.75, 3.05) is 26.0 Å². The third-order valence-electron chi connectivity index (χ3n) is 3.81. The van der Waals surface area contributed by atoms with E-state index in [1.807, 2.05) is 4.90 Å². The standard InChI is InChI=1S/C15H23N3O2/c1-20-10-4-6-13-5-2-3-9-18(13)15(19)12-7-8-14(16)17-11-12/h7-8,11,13H,2-6,9-10H2,1H3,(H2,16,17)/t13-/m0/s1. The second-order valence-corrected chi connectivity index (χ2v) is 5.25. The molecule has 0 saturated carbocycles. The molecule has 0 bridgehead atoms. The minimum atomic E-state index is 0.0691. The van der Waals surface area contributed by atoms with E-state index in [2.05, 4.69) is 4.98 Å². The van der Waals surface area contributed by atoms with E-state index >= 15 is 0 Å². The van der Waals surface area contributed by atoms with Gasteiger partial charge in [-0.05, 0) is 44.2 Å². The van der Waals surface area contributed by atoms with Crippen molar-refractivity contribution in [2.24, 2.45) is 0 Å². The first kappa shape index (κ1) is 14.8. The van der Waals surface area contributed by atoms with Crippen LogP contribution < -0.4 is 5.73 Å². The number of hydrogen-bond donors (Lipinski definition) is 1. The number of anilines is 1. The first-order valence-corrected chi connectivity index (χ1v) is 7.24. The molecule has 5 nitrogen and oxygen atoms in total. The molecule has 2 rings (SSSR count). The van der Waals surface area contributed by atoms with E-state index in [1.165, 1.54) is 6.42 Å². The predicted octanol–water partition coefficient (Wildman–Crippen LogP) is 2.09. The summed E-state index contributed by atoms with van der Waals surface area (Å²) in [6, 6.07) is 3.76. The molecule has 20 heavy (non-hydrogen) atoms. The number of aromatic nitrogens is 1. The van der Waals surface area contributed by atoms with E-state index in [-0.39, 0.29) is 5.91 Å². The molecule has 1 amide bonds. The van der Waals surface area contributed by atoms with E-state index < -0.39 is 0 Å². The fourth-order valence-corrected chi connectivity index (χ4v) is 2.73. The van der Waals surface area contributed by atoms with E-state index in [9.17, 15) is 4.79 Å². The van der Waals surface area contributed by atoms with Crippen molar-refractivity contribution in [3.63, 3.8) is 0 Å². The minimum absolute atomic E-state index is 0.0691. The SMILES string of the molecule is COCCC[C@@H]1CCCCN1C(=O)c1ccc(N)nc1. The third-order valence-corrected chi connectivity index (χ3v) is 3.81. The van der Waals surface area contributed by atoms with Crippen LogP contribution in [0.5, 0.6) is 0 Å². The largest absolute Gasteiger partial charge is 0.385 e. The van der Waals surface area contributed by atoms with Gasteiger partial charge in [0.2, 0.25) is 0 Å². The average Bonchev–Trinajstić information content (AvgIpc) is 2.48. The number of likely N-dealkylation sites (tertiary alicyclic amines) is 1. The van der Waals surface area contributed by atoms with Gasteiger partial charge in [-0.1, -0.05) is 0 Å². The summed E-state index contributed by atoms with van der Waals surface area (Å²) in [6.45, 7) is 1.59. The normalized spacial score (nSPS) is 19.1. The number of pyridine rings is 1. The molecule has 0 aromatic carbocycles. The van der Waals surface area contributed by atoms with Crippen LogP contribution in [0, 0.1) is 0 Å². The van der Waals surface area contributed by atoms with Gasteiger partial charge in [0.15, 0.2) is 0 Å². The van der Waals surface area contributed by atoms with Crippen LogP contribution in [0.25, 0.3) is 0 Å². The fourth-order valence-electron chi connectivity index (χ4n) is 2.73. The third kappa shape index (κ3) is 3.70. The van der Waals surface area contributed by atoms with Crippen molar-refractivity contribution < 1.29 is 9.53 Å². The van der Waals surface area contributed by atoms with Gasteiger partial charge < -0.3 is 15.4 Å². The topological polar surface area (TPSA) is 68.5 Å². The maximum absolute atomic E-state index is 12.6. The van der Waals surface area contributed by atoms with E-state index in [1.54, 1.807) is 25.4 Å². The average molecular weight is 277 g/mol. The lowest BCUT2D eigenvalue weighted by molar-refractivity contribution is 0.0584. The summed E-state index contributed by atoms with van der Waals surface area (Å²) < 4.78 is 5.10. The zero-order chi connectivity index (χ0) is 14.4. The molecule has 0 radical (unpaired) electrons. The van der Waals surface area contributed by atoms with Gasteiger partial charge >= 0.3 is 0 Å². The van der Waals surface area contributed by atoms with Crippen LogP contribution >= 0.6 is 0 Å². The summed E-state index contributed by atoms with van der Waals surface area (Å²) in [5.74, 6) is 0.511. The Bertz CT molecular complexity index is 433. The number of ether oxygens (including phenoxy) is 1. The molecule has 1 aliphatic rings. The highest BCUT2D eigenvalue weighted by Crippen LogP contribution is 2.23. The number of rotatable bonds is 5. The number of carbonyl (C=O) groups is 1. The monoisotopic (exact) mass is 277 g/mol. The van der Waals surface area contributed by atoms with Crippen LogP contribution in [0.15, 0.2) is 18.3 Å². The summed E-state index contributed by atoms with van der Waals surface area (Å²) >= 11 is 0. The van der Waals surface area contributed by atoms with Crippen LogP contribution in [0.2, 0.25) is 0 Å². The van der Waals surface area contributed by atoms with Gasteiger partial charge in [0.05, 0.1) is 5.56 Å². The van der Waals surface area contributed by atoms with Crippen LogP contribution in [-0.4, -0.2) is 42.1 Å². The Balaban J connectivity index is 2.02. The lowest BCUT2D eigenvalue weighted by Gasteiger charge is -2.36. The van der Waals surface area contributed by atoms with Crippen LogP contribution in [0.1, 0.15) is 42.5 Å². The molecule has 1 saturated heterocycles. The highest BCUT2D eigenvalue weighted by molar-refractivity contribution is 5.94. The Labute approximate surface area is 120 Å². The fraction of sp³-hybridized carbons (Fsp3) is 0.600. The highest BCUT2D eigenvalue weighted by Gasteiger charge is 2.27. The molecule has 2 heterocycles. The molecule has 1 aromatic rings. The maximum atomic E-state index is 12.6. The number of hydrogen-bond acceptors (Lipinski definition) is 4. The van der Waals surface area contributed by atoms with E-state index in [0.29, 0.717) is 17.4 Å². The first-order valence-electron chi connectivity index (χ1n) is 7.24. The van der Waals surface area contributed by atoms with Crippen molar-refractivity contribution in [2.45, 2.75) is 38.1 Å². The van der Waals surface area contributed by atoms with Gasteiger partial charge in [-0.15, -0.1) is 0 Å². The Morgan fingerprint density at radius 3 is 3.05 bits per heavy atom. The Hall–Kier alpha value is -1.62. The second kappa shape index (κ2) is 7.24. The zero-order valence-electron chi connectivity index (χ0n) is 12.0. The quantitative estimate of drug-likeness (QED) is 0.837. The van der Waals surface area contributed by atoms with Crippen LogP contribution in [0.3, 0.4) is 0 Å².